The van der Waals surface area contributed by atoms with Crippen molar-refractivity contribution in [1.82, 2.24) is 5.32 Å². The van der Waals surface area contributed by atoms with E-state index in [0.29, 0.717) is 33.8 Å². The molecular formula is C26H20BrFN2O4S. The summed E-state index contributed by atoms with van der Waals surface area (Å²) in [6.45, 7) is 2.59. The molecule has 0 atom stereocenters. The van der Waals surface area contributed by atoms with Crippen LogP contribution in [-0.2, 0) is 16.2 Å². The highest BCUT2D eigenvalue weighted by Gasteiger charge is 2.34. The van der Waals surface area contributed by atoms with Gasteiger partial charge in [-0.2, -0.15) is 0 Å². The highest BCUT2D eigenvalue weighted by molar-refractivity contribution is 9.10. The van der Waals surface area contributed by atoms with E-state index in [1.807, 2.05) is 6.92 Å². The van der Waals surface area contributed by atoms with Gasteiger partial charge in [0.2, 0.25) is 0 Å². The van der Waals surface area contributed by atoms with Crippen molar-refractivity contribution in [2.75, 3.05) is 11.5 Å². The third kappa shape index (κ3) is 5.75. The number of halogens is 2. The molecule has 1 fully saturated rings. The lowest BCUT2D eigenvalue weighted by atomic mass is 10.1. The van der Waals surface area contributed by atoms with Crippen molar-refractivity contribution >= 4 is 56.8 Å². The van der Waals surface area contributed by atoms with Gasteiger partial charge in [-0.25, -0.2) is 4.39 Å². The third-order valence-electron chi connectivity index (χ3n) is 5.06. The summed E-state index contributed by atoms with van der Waals surface area (Å²) in [5.41, 5.74) is 1.86. The fourth-order valence-electron chi connectivity index (χ4n) is 3.40. The van der Waals surface area contributed by atoms with E-state index in [0.717, 1.165) is 5.56 Å². The van der Waals surface area contributed by atoms with Gasteiger partial charge in [0.25, 0.3) is 11.8 Å². The first kappa shape index (κ1) is 24.6. The first-order chi connectivity index (χ1) is 16.9. The molecule has 3 aromatic carbocycles. The molecule has 6 nitrogen and oxygen atoms in total. The molecule has 2 amide bonds. The molecular weight excluding hydrogens is 535 g/mol. The van der Waals surface area contributed by atoms with Crippen LogP contribution in [-0.4, -0.2) is 23.5 Å². The minimum atomic E-state index is -0.579. The Balaban J connectivity index is 1.55. The molecule has 0 aliphatic carbocycles. The number of nitrogens with zero attached hydrogens (tertiary/aromatic N) is 1. The number of thiocarbonyl (C=S) groups is 1. The Morgan fingerprint density at radius 1 is 1.06 bits per heavy atom. The number of nitrogens with one attached hydrogen (secondary N) is 1. The number of anilines is 1. The van der Waals surface area contributed by atoms with E-state index in [1.165, 1.54) is 23.1 Å². The second-order valence-electron chi connectivity index (χ2n) is 7.49. The van der Waals surface area contributed by atoms with E-state index in [1.54, 1.807) is 54.6 Å². The molecule has 0 bridgehead atoms. The maximum atomic E-state index is 13.3. The molecule has 1 heterocycles. The Morgan fingerprint density at radius 3 is 2.54 bits per heavy atom. The zero-order valence-electron chi connectivity index (χ0n) is 18.6. The van der Waals surface area contributed by atoms with Crippen molar-refractivity contribution in [3.63, 3.8) is 0 Å². The molecule has 178 valence electrons. The van der Waals surface area contributed by atoms with Gasteiger partial charge in [0.05, 0.1) is 16.8 Å². The summed E-state index contributed by atoms with van der Waals surface area (Å²) in [5.74, 6) is -0.283. The lowest BCUT2D eigenvalue weighted by molar-refractivity contribution is -0.122. The van der Waals surface area contributed by atoms with E-state index in [4.69, 9.17) is 21.7 Å². The molecule has 35 heavy (non-hydrogen) atoms. The first-order valence-electron chi connectivity index (χ1n) is 10.7. The average molecular weight is 555 g/mol. The maximum Gasteiger partial charge on any atom is 0.270 e. The van der Waals surface area contributed by atoms with Gasteiger partial charge in [-0.05, 0) is 88.7 Å². The summed E-state index contributed by atoms with van der Waals surface area (Å²) in [7, 11) is 0. The molecule has 1 aliphatic rings. The summed E-state index contributed by atoms with van der Waals surface area (Å²) < 4.78 is 25.0. The zero-order chi connectivity index (χ0) is 24.9. The number of benzene rings is 3. The van der Waals surface area contributed by atoms with Gasteiger partial charge in [-0.1, -0.05) is 24.3 Å². The number of rotatable bonds is 7. The molecule has 1 N–H and O–H groups in total. The molecule has 0 radical (unpaired) electrons. The Hall–Kier alpha value is -3.56. The van der Waals surface area contributed by atoms with Crippen LogP contribution in [0.15, 0.2) is 76.8 Å². The minimum Gasteiger partial charge on any atom is -0.494 e. The molecule has 0 aromatic heterocycles. The van der Waals surface area contributed by atoms with Gasteiger partial charge >= 0.3 is 0 Å². The van der Waals surface area contributed by atoms with Crippen LogP contribution >= 0.6 is 28.1 Å². The Kier molecular flexibility index (Phi) is 7.57. The second kappa shape index (κ2) is 10.8. The predicted molar refractivity (Wildman–Crippen MR) is 139 cm³/mol. The summed E-state index contributed by atoms with van der Waals surface area (Å²) >= 11 is 8.73. The van der Waals surface area contributed by atoms with E-state index >= 15 is 0 Å². The topological polar surface area (TPSA) is 67.9 Å². The Morgan fingerprint density at radius 2 is 1.83 bits per heavy atom. The van der Waals surface area contributed by atoms with Crippen LogP contribution in [0.1, 0.15) is 18.1 Å². The van der Waals surface area contributed by atoms with Gasteiger partial charge in [-0.3, -0.25) is 19.8 Å². The number of carbonyl (C=O) groups excluding carboxylic acids is 2. The summed E-state index contributed by atoms with van der Waals surface area (Å²) in [4.78, 5) is 27.1. The Bertz CT molecular complexity index is 1330. The van der Waals surface area contributed by atoms with Crippen molar-refractivity contribution in [2.24, 2.45) is 0 Å². The molecule has 4 rings (SSSR count). The standard InChI is InChI=1S/C26H20BrFN2O4S/c1-2-33-20-5-3-4-19(14-20)30-25(32)21(24(31)29-26(30)35)12-17-8-11-23(22(27)13-17)34-15-16-6-9-18(28)10-7-16/h3-14H,2,15H2,1H3,(H,29,31,35)/b21-12-. The van der Waals surface area contributed by atoms with Crippen molar-refractivity contribution in [1.29, 1.82) is 0 Å². The lowest BCUT2D eigenvalue weighted by Crippen LogP contribution is -2.54. The van der Waals surface area contributed by atoms with Crippen LogP contribution in [0.4, 0.5) is 10.1 Å². The van der Waals surface area contributed by atoms with Crippen LogP contribution in [0.2, 0.25) is 0 Å². The third-order valence-corrected chi connectivity index (χ3v) is 5.97. The molecule has 3 aromatic rings. The van der Waals surface area contributed by atoms with Crippen molar-refractivity contribution in [3.8, 4) is 11.5 Å². The smallest absolute Gasteiger partial charge is 0.270 e. The van der Waals surface area contributed by atoms with Gasteiger partial charge in [-0.15, -0.1) is 0 Å². The van der Waals surface area contributed by atoms with Gasteiger partial charge < -0.3 is 9.47 Å². The molecule has 1 aliphatic heterocycles. The number of hydrogen-bond acceptors (Lipinski definition) is 5. The minimum absolute atomic E-state index is 0.00322. The number of hydrogen-bond donors (Lipinski definition) is 1. The zero-order valence-corrected chi connectivity index (χ0v) is 21.0. The molecule has 9 heteroatoms. The van der Waals surface area contributed by atoms with Gasteiger partial charge in [0.1, 0.15) is 29.5 Å². The van der Waals surface area contributed by atoms with Crippen LogP contribution in [0.5, 0.6) is 11.5 Å². The van der Waals surface area contributed by atoms with E-state index in [-0.39, 0.29) is 23.1 Å². The van der Waals surface area contributed by atoms with Gasteiger partial charge in [0, 0.05) is 6.07 Å². The van der Waals surface area contributed by atoms with Crippen molar-refractivity contribution < 1.29 is 23.5 Å². The first-order valence-corrected chi connectivity index (χ1v) is 11.9. The number of ether oxygens (including phenoxy) is 2. The monoisotopic (exact) mass is 554 g/mol. The fraction of sp³-hybridized carbons (Fsp3) is 0.115. The SMILES string of the molecule is CCOc1cccc(N2C(=O)/C(=C\c3ccc(OCc4ccc(F)cc4)c(Br)c3)C(=O)NC2=S)c1. The molecule has 0 spiro atoms. The highest BCUT2D eigenvalue weighted by Crippen LogP contribution is 2.29. The van der Waals surface area contributed by atoms with Crippen LogP contribution in [0.25, 0.3) is 6.08 Å². The van der Waals surface area contributed by atoms with Crippen LogP contribution in [0, 0.1) is 5.82 Å². The van der Waals surface area contributed by atoms with E-state index in [2.05, 4.69) is 21.2 Å². The second-order valence-corrected chi connectivity index (χ2v) is 8.73. The van der Waals surface area contributed by atoms with Crippen molar-refractivity contribution in [3.05, 3.63) is 93.7 Å². The Labute approximate surface area is 215 Å². The summed E-state index contributed by atoms with van der Waals surface area (Å²) in [5, 5.41) is 2.57. The van der Waals surface area contributed by atoms with E-state index < -0.39 is 11.8 Å². The lowest BCUT2D eigenvalue weighted by Gasteiger charge is -2.29. The summed E-state index contributed by atoms with van der Waals surface area (Å²) in [6.07, 6.45) is 1.49. The highest BCUT2D eigenvalue weighted by atomic mass is 79.9. The number of carbonyl (C=O) groups is 2. The van der Waals surface area contributed by atoms with E-state index in [9.17, 15) is 14.0 Å². The predicted octanol–water partition coefficient (Wildman–Crippen LogP) is 5.40. The van der Waals surface area contributed by atoms with Gasteiger partial charge in [0.15, 0.2) is 5.11 Å². The average Bonchev–Trinajstić information content (AvgIpc) is 2.83. The number of amides is 2. The quantitative estimate of drug-likeness (QED) is 0.241. The molecule has 0 unspecified atom stereocenters. The largest absolute Gasteiger partial charge is 0.494 e. The van der Waals surface area contributed by atoms with Crippen LogP contribution < -0.4 is 19.7 Å². The van der Waals surface area contributed by atoms with Crippen molar-refractivity contribution in [2.45, 2.75) is 13.5 Å². The fourth-order valence-corrected chi connectivity index (χ4v) is 4.20. The normalized spacial score (nSPS) is 14.8. The van der Waals surface area contributed by atoms with Crippen LogP contribution in [0.3, 0.4) is 0 Å². The molecule has 1 saturated heterocycles. The molecule has 0 saturated carbocycles. The summed E-state index contributed by atoms with van der Waals surface area (Å²) in [6, 6.07) is 18.2. The maximum absolute atomic E-state index is 13.3.